The van der Waals surface area contributed by atoms with Crippen LogP contribution in [0.2, 0.25) is 0 Å². The fourth-order valence-electron chi connectivity index (χ4n) is 1.50. The van der Waals surface area contributed by atoms with Crippen molar-refractivity contribution in [2.45, 2.75) is 46.0 Å². The highest BCUT2D eigenvalue weighted by Gasteiger charge is 2.28. The first-order valence-electron chi connectivity index (χ1n) is 6.32. The van der Waals surface area contributed by atoms with Gasteiger partial charge >= 0.3 is 6.18 Å². The van der Waals surface area contributed by atoms with Gasteiger partial charge < -0.3 is 5.32 Å². The lowest BCUT2D eigenvalue weighted by Crippen LogP contribution is -2.42. The van der Waals surface area contributed by atoms with Crippen LogP contribution in [0.5, 0.6) is 0 Å². The molecule has 8 heteroatoms. The SMILES string of the molecule is CC(C)(C)C(C#N)NC(=O)c1cnn(CCC(F)(F)F)c1. The van der Waals surface area contributed by atoms with Gasteiger partial charge in [-0.2, -0.15) is 23.5 Å². The third-order valence-corrected chi connectivity index (χ3v) is 2.79. The van der Waals surface area contributed by atoms with Crippen LogP contribution >= 0.6 is 0 Å². The Bertz CT molecular complexity index is 537. The van der Waals surface area contributed by atoms with Gasteiger partial charge in [0, 0.05) is 12.7 Å². The summed E-state index contributed by atoms with van der Waals surface area (Å²) in [6.45, 7) is 5.05. The van der Waals surface area contributed by atoms with Crippen molar-refractivity contribution < 1.29 is 18.0 Å². The molecule has 0 aliphatic heterocycles. The standard InChI is InChI=1S/C13H17F3N4O/c1-12(2,3)10(6-17)19-11(21)9-7-18-20(8-9)5-4-13(14,15)16/h7-8,10H,4-5H2,1-3H3,(H,19,21). The van der Waals surface area contributed by atoms with Gasteiger partial charge in [-0.1, -0.05) is 20.8 Å². The molecular weight excluding hydrogens is 285 g/mol. The zero-order valence-corrected chi connectivity index (χ0v) is 12.0. The molecule has 0 aliphatic rings. The predicted octanol–water partition coefficient (Wildman–Crippen LogP) is 2.50. The number of rotatable bonds is 4. The Balaban J connectivity index is 2.68. The molecule has 1 aromatic rings. The third-order valence-electron chi connectivity index (χ3n) is 2.79. The Morgan fingerprint density at radius 1 is 1.48 bits per heavy atom. The Hall–Kier alpha value is -2.04. The normalized spacial score (nSPS) is 13.6. The number of halogens is 3. The van der Waals surface area contributed by atoms with Crippen molar-refractivity contribution in [3.05, 3.63) is 18.0 Å². The van der Waals surface area contributed by atoms with Gasteiger partial charge in [-0.3, -0.25) is 9.48 Å². The molecule has 21 heavy (non-hydrogen) atoms. The van der Waals surface area contributed by atoms with Crippen molar-refractivity contribution in [2.75, 3.05) is 0 Å². The monoisotopic (exact) mass is 302 g/mol. The Morgan fingerprint density at radius 2 is 2.10 bits per heavy atom. The first-order chi connectivity index (χ1) is 9.53. The number of aryl methyl sites for hydroxylation is 1. The average Bonchev–Trinajstić information content (AvgIpc) is 2.79. The largest absolute Gasteiger partial charge is 0.390 e. The number of nitrogens with one attached hydrogen (secondary N) is 1. The maximum absolute atomic E-state index is 12.1. The number of carbonyl (C=O) groups is 1. The molecule has 1 aromatic heterocycles. The minimum Gasteiger partial charge on any atom is -0.336 e. The third kappa shape index (κ3) is 5.45. The molecule has 0 spiro atoms. The molecular formula is C13H17F3N4O. The van der Waals surface area contributed by atoms with Crippen LogP contribution in [0.1, 0.15) is 37.6 Å². The highest BCUT2D eigenvalue weighted by molar-refractivity contribution is 5.94. The van der Waals surface area contributed by atoms with Gasteiger partial charge in [0.25, 0.3) is 5.91 Å². The topological polar surface area (TPSA) is 70.7 Å². The summed E-state index contributed by atoms with van der Waals surface area (Å²) in [4.78, 5) is 11.9. The van der Waals surface area contributed by atoms with Crippen molar-refractivity contribution >= 4 is 5.91 Å². The summed E-state index contributed by atoms with van der Waals surface area (Å²) < 4.78 is 37.4. The number of amides is 1. The van der Waals surface area contributed by atoms with E-state index in [2.05, 4.69) is 10.4 Å². The molecule has 1 unspecified atom stereocenters. The fraction of sp³-hybridized carbons (Fsp3) is 0.615. The van der Waals surface area contributed by atoms with Crippen molar-refractivity contribution in [2.24, 2.45) is 5.41 Å². The van der Waals surface area contributed by atoms with E-state index < -0.39 is 30.0 Å². The van der Waals surface area contributed by atoms with Crippen LogP contribution in [-0.4, -0.2) is 27.9 Å². The minimum absolute atomic E-state index is 0.127. The molecule has 5 nitrogen and oxygen atoms in total. The molecule has 1 atom stereocenters. The summed E-state index contributed by atoms with van der Waals surface area (Å²) in [5.41, 5.74) is -0.321. The van der Waals surface area contributed by atoms with Gasteiger partial charge in [-0.05, 0) is 5.41 Å². The Labute approximate surface area is 120 Å². The highest BCUT2D eigenvalue weighted by atomic mass is 19.4. The van der Waals surface area contributed by atoms with E-state index in [1.54, 1.807) is 20.8 Å². The second-order valence-electron chi connectivity index (χ2n) is 5.76. The second kappa shape index (κ2) is 6.16. The van der Waals surface area contributed by atoms with Gasteiger partial charge in [-0.25, -0.2) is 0 Å². The minimum atomic E-state index is -4.27. The van der Waals surface area contributed by atoms with E-state index in [0.717, 1.165) is 4.68 Å². The van der Waals surface area contributed by atoms with Crippen LogP contribution in [0, 0.1) is 16.7 Å². The molecule has 0 radical (unpaired) electrons. The molecule has 0 fully saturated rings. The van der Waals surface area contributed by atoms with E-state index in [1.807, 2.05) is 6.07 Å². The van der Waals surface area contributed by atoms with E-state index in [0.29, 0.717) is 0 Å². The zero-order chi connectivity index (χ0) is 16.3. The molecule has 0 aliphatic carbocycles. The van der Waals surface area contributed by atoms with Crippen molar-refractivity contribution in [1.82, 2.24) is 15.1 Å². The lowest BCUT2D eigenvalue weighted by Gasteiger charge is -2.25. The quantitative estimate of drug-likeness (QED) is 0.929. The van der Waals surface area contributed by atoms with E-state index in [1.165, 1.54) is 12.4 Å². The zero-order valence-electron chi connectivity index (χ0n) is 12.0. The molecule has 1 rings (SSSR count). The maximum atomic E-state index is 12.1. The summed E-state index contributed by atoms with van der Waals surface area (Å²) in [5, 5.41) is 15.3. The van der Waals surface area contributed by atoms with E-state index in [-0.39, 0.29) is 12.1 Å². The summed E-state index contributed by atoms with van der Waals surface area (Å²) in [7, 11) is 0. The summed E-state index contributed by atoms with van der Waals surface area (Å²) in [6, 6.07) is 1.28. The van der Waals surface area contributed by atoms with Gasteiger partial charge in [-0.15, -0.1) is 0 Å². The smallest absolute Gasteiger partial charge is 0.336 e. The molecule has 116 valence electrons. The molecule has 1 N–H and O–H groups in total. The number of aromatic nitrogens is 2. The molecule has 1 amide bonds. The van der Waals surface area contributed by atoms with E-state index >= 15 is 0 Å². The predicted molar refractivity (Wildman–Crippen MR) is 69.2 cm³/mol. The van der Waals surface area contributed by atoms with Crippen molar-refractivity contribution in [3.63, 3.8) is 0 Å². The lowest BCUT2D eigenvalue weighted by atomic mass is 9.87. The summed E-state index contributed by atoms with van der Waals surface area (Å²) >= 11 is 0. The second-order valence-corrected chi connectivity index (χ2v) is 5.76. The molecule has 0 aromatic carbocycles. The van der Waals surface area contributed by atoms with Crippen LogP contribution in [0.3, 0.4) is 0 Å². The number of hydrogen-bond acceptors (Lipinski definition) is 3. The van der Waals surface area contributed by atoms with Crippen molar-refractivity contribution in [3.8, 4) is 6.07 Å². The van der Waals surface area contributed by atoms with E-state index in [9.17, 15) is 18.0 Å². The molecule has 0 saturated carbocycles. The highest BCUT2D eigenvalue weighted by Crippen LogP contribution is 2.20. The summed E-state index contributed by atoms with van der Waals surface area (Å²) in [6.07, 6.45) is -2.87. The number of nitrogens with zero attached hydrogens (tertiary/aromatic N) is 3. The number of carbonyl (C=O) groups excluding carboxylic acids is 1. The van der Waals surface area contributed by atoms with Crippen LogP contribution in [0.4, 0.5) is 13.2 Å². The van der Waals surface area contributed by atoms with Gasteiger partial charge in [0.1, 0.15) is 6.04 Å². The van der Waals surface area contributed by atoms with Crippen molar-refractivity contribution in [1.29, 1.82) is 5.26 Å². The number of hydrogen-bond donors (Lipinski definition) is 1. The van der Waals surface area contributed by atoms with Crippen LogP contribution in [0.15, 0.2) is 12.4 Å². The number of nitriles is 1. The molecule has 0 saturated heterocycles. The fourth-order valence-corrected chi connectivity index (χ4v) is 1.50. The van der Waals surface area contributed by atoms with Crippen LogP contribution < -0.4 is 5.32 Å². The Kier molecular flexibility index (Phi) is 4.99. The molecule has 1 heterocycles. The number of alkyl halides is 3. The lowest BCUT2D eigenvalue weighted by molar-refractivity contribution is -0.137. The van der Waals surface area contributed by atoms with Crippen LogP contribution in [0.25, 0.3) is 0 Å². The first kappa shape index (κ1) is 17.0. The summed E-state index contributed by atoms with van der Waals surface area (Å²) in [5.74, 6) is -0.533. The maximum Gasteiger partial charge on any atom is 0.390 e. The Morgan fingerprint density at radius 3 is 2.57 bits per heavy atom. The average molecular weight is 302 g/mol. The van der Waals surface area contributed by atoms with Crippen LogP contribution in [-0.2, 0) is 6.54 Å². The van der Waals surface area contributed by atoms with Gasteiger partial charge in [0.05, 0.1) is 24.3 Å². The van der Waals surface area contributed by atoms with E-state index in [4.69, 9.17) is 5.26 Å². The molecule has 0 bridgehead atoms. The first-order valence-corrected chi connectivity index (χ1v) is 6.32. The van der Waals surface area contributed by atoms with Gasteiger partial charge in [0.15, 0.2) is 0 Å². The van der Waals surface area contributed by atoms with Gasteiger partial charge in [0.2, 0.25) is 0 Å².